The van der Waals surface area contributed by atoms with Gasteiger partial charge in [0.1, 0.15) is 11.8 Å². The number of nitrogens with two attached hydrogens (primary N) is 1. The minimum absolute atomic E-state index is 0.0290. The SMILES string of the molecule is CN(c1nc(C(=O)OC(C)(C)C)ccc1N)[C@@H]1CCO1. The van der Waals surface area contributed by atoms with Crippen LogP contribution >= 0.6 is 0 Å². The van der Waals surface area contributed by atoms with Crippen molar-refractivity contribution in [2.75, 3.05) is 24.3 Å². The van der Waals surface area contributed by atoms with Crippen LogP contribution in [0.1, 0.15) is 37.7 Å². The van der Waals surface area contributed by atoms with Crippen molar-refractivity contribution in [3.05, 3.63) is 17.8 Å². The summed E-state index contributed by atoms with van der Waals surface area (Å²) in [5.74, 6) is 0.0831. The average Bonchev–Trinajstić information content (AvgIpc) is 2.24. The third-order valence-electron chi connectivity index (χ3n) is 2.95. The van der Waals surface area contributed by atoms with E-state index in [-0.39, 0.29) is 11.9 Å². The molecule has 6 heteroatoms. The Kier molecular flexibility index (Phi) is 3.85. The molecule has 20 heavy (non-hydrogen) atoms. The van der Waals surface area contributed by atoms with Crippen LogP contribution in [0.25, 0.3) is 0 Å². The molecule has 0 spiro atoms. The maximum Gasteiger partial charge on any atom is 0.357 e. The second-order valence-electron chi connectivity index (χ2n) is 5.84. The van der Waals surface area contributed by atoms with E-state index in [2.05, 4.69) is 4.98 Å². The van der Waals surface area contributed by atoms with Crippen LogP contribution < -0.4 is 10.6 Å². The number of ether oxygens (including phenoxy) is 2. The van der Waals surface area contributed by atoms with Gasteiger partial charge in [-0.3, -0.25) is 0 Å². The van der Waals surface area contributed by atoms with Gasteiger partial charge in [0.15, 0.2) is 11.5 Å². The second kappa shape index (κ2) is 5.28. The van der Waals surface area contributed by atoms with E-state index in [4.69, 9.17) is 15.2 Å². The minimum Gasteiger partial charge on any atom is -0.455 e. The molecule has 0 unspecified atom stereocenters. The van der Waals surface area contributed by atoms with Crippen molar-refractivity contribution in [1.29, 1.82) is 0 Å². The van der Waals surface area contributed by atoms with E-state index < -0.39 is 11.6 Å². The Morgan fingerprint density at radius 1 is 1.50 bits per heavy atom. The van der Waals surface area contributed by atoms with Gasteiger partial charge in [0.25, 0.3) is 0 Å². The van der Waals surface area contributed by atoms with Gasteiger partial charge >= 0.3 is 5.97 Å². The number of nitrogen functional groups attached to an aromatic ring is 1. The number of carbonyl (C=O) groups is 1. The number of carbonyl (C=O) groups excluding carboxylic acids is 1. The molecule has 2 N–H and O–H groups in total. The number of anilines is 2. The molecule has 1 aliphatic heterocycles. The summed E-state index contributed by atoms with van der Waals surface area (Å²) in [6.07, 6.45) is 0.896. The van der Waals surface area contributed by atoms with Crippen molar-refractivity contribution in [3.63, 3.8) is 0 Å². The summed E-state index contributed by atoms with van der Waals surface area (Å²) >= 11 is 0. The molecule has 2 heterocycles. The lowest BCUT2D eigenvalue weighted by Gasteiger charge is -2.36. The Morgan fingerprint density at radius 3 is 2.65 bits per heavy atom. The average molecular weight is 279 g/mol. The highest BCUT2D eigenvalue weighted by Gasteiger charge is 2.26. The van der Waals surface area contributed by atoms with E-state index in [0.29, 0.717) is 11.5 Å². The lowest BCUT2D eigenvalue weighted by atomic mass is 10.2. The Hall–Kier alpha value is -1.82. The second-order valence-corrected chi connectivity index (χ2v) is 5.84. The smallest absolute Gasteiger partial charge is 0.357 e. The Balaban J connectivity index is 2.21. The summed E-state index contributed by atoms with van der Waals surface area (Å²) < 4.78 is 10.7. The van der Waals surface area contributed by atoms with Crippen LogP contribution in [0.2, 0.25) is 0 Å². The zero-order chi connectivity index (χ0) is 14.9. The molecule has 2 rings (SSSR count). The number of rotatable bonds is 3. The quantitative estimate of drug-likeness (QED) is 0.850. The van der Waals surface area contributed by atoms with Crippen molar-refractivity contribution in [2.24, 2.45) is 0 Å². The van der Waals surface area contributed by atoms with Gasteiger partial charge in [-0.15, -0.1) is 0 Å². The van der Waals surface area contributed by atoms with Crippen LogP contribution in [0.5, 0.6) is 0 Å². The normalized spacial score (nSPS) is 18.3. The van der Waals surface area contributed by atoms with Crippen LogP contribution in [-0.2, 0) is 9.47 Å². The molecule has 1 saturated heterocycles. The molecular weight excluding hydrogens is 258 g/mol. The molecule has 0 aromatic carbocycles. The molecule has 6 nitrogen and oxygen atoms in total. The predicted octanol–water partition coefficient (Wildman–Crippen LogP) is 1.80. The first-order chi connectivity index (χ1) is 9.28. The van der Waals surface area contributed by atoms with Gasteiger partial charge in [-0.25, -0.2) is 9.78 Å². The van der Waals surface area contributed by atoms with E-state index in [9.17, 15) is 4.79 Å². The Morgan fingerprint density at radius 2 is 2.15 bits per heavy atom. The molecule has 0 saturated carbocycles. The van der Waals surface area contributed by atoms with Crippen molar-refractivity contribution in [1.82, 2.24) is 4.98 Å². The van der Waals surface area contributed by atoms with E-state index in [1.54, 1.807) is 12.1 Å². The zero-order valence-corrected chi connectivity index (χ0v) is 12.3. The molecule has 110 valence electrons. The maximum absolute atomic E-state index is 12.0. The highest BCUT2D eigenvalue weighted by atomic mass is 16.6. The summed E-state index contributed by atoms with van der Waals surface area (Å²) in [4.78, 5) is 18.2. The van der Waals surface area contributed by atoms with Crippen molar-refractivity contribution in [2.45, 2.75) is 39.0 Å². The summed E-state index contributed by atoms with van der Waals surface area (Å²) in [6, 6.07) is 3.24. The molecule has 1 aromatic heterocycles. The number of pyridine rings is 1. The molecule has 1 aromatic rings. The van der Waals surface area contributed by atoms with Crippen LogP contribution in [-0.4, -0.2) is 36.4 Å². The van der Waals surface area contributed by atoms with Gasteiger partial charge in [0, 0.05) is 13.5 Å². The third kappa shape index (κ3) is 3.19. The van der Waals surface area contributed by atoms with Gasteiger partial charge in [-0.2, -0.15) is 0 Å². The van der Waals surface area contributed by atoms with Gasteiger partial charge in [0.05, 0.1) is 12.3 Å². The molecule has 1 aliphatic rings. The summed E-state index contributed by atoms with van der Waals surface area (Å²) in [6.45, 7) is 6.19. The highest BCUT2D eigenvalue weighted by Crippen LogP contribution is 2.26. The first-order valence-corrected chi connectivity index (χ1v) is 6.62. The molecule has 1 atom stereocenters. The van der Waals surface area contributed by atoms with E-state index in [1.807, 2.05) is 32.7 Å². The van der Waals surface area contributed by atoms with E-state index in [0.717, 1.165) is 13.0 Å². The van der Waals surface area contributed by atoms with Crippen LogP contribution in [0, 0.1) is 0 Å². The fraction of sp³-hybridized carbons (Fsp3) is 0.571. The summed E-state index contributed by atoms with van der Waals surface area (Å²) in [5.41, 5.74) is 6.13. The minimum atomic E-state index is -0.552. The number of esters is 1. The van der Waals surface area contributed by atoms with E-state index >= 15 is 0 Å². The number of aromatic nitrogens is 1. The predicted molar refractivity (Wildman–Crippen MR) is 76.6 cm³/mol. The topological polar surface area (TPSA) is 77.7 Å². The van der Waals surface area contributed by atoms with Crippen LogP contribution in [0.4, 0.5) is 11.5 Å². The first-order valence-electron chi connectivity index (χ1n) is 6.62. The number of hydrogen-bond acceptors (Lipinski definition) is 6. The lowest BCUT2D eigenvalue weighted by molar-refractivity contribution is -0.0486. The zero-order valence-electron chi connectivity index (χ0n) is 12.3. The number of nitrogens with zero attached hydrogens (tertiary/aromatic N) is 2. The molecule has 0 radical (unpaired) electrons. The fourth-order valence-electron chi connectivity index (χ4n) is 1.85. The summed E-state index contributed by atoms with van der Waals surface area (Å²) in [7, 11) is 1.85. The largest absolute Gasteiger partial charge is 0.455 e. The Bertz CT molecular complexity index is 507. The fourth-order valence-corrected chi connectivity index (χ4v) is 1.85. The summed E-state index contributed by atoms with van der Waals surface area (Å²) in [5, 5.41) is 0. The maximum atomic E-state index is 12.0. The highest BCUT2D eigenvalue weighted by molar-refractivity contribution is 5.89. The molecule has 1 fully saturated rings. The van der Waals surface area contributed by atoms with Gasteiger partial charge in [-0.1, -0.05) is 0 Å². The van der Waals surface area contributed by atoms with Crippen molar-refractivity contribution >= 4 is 17.5 Å². The molecule has 0 amide bonds. The van der Waals surface area contributed by atoms with Crippen LogP contribution in [0.3, 0.4) is 0 Å². The van der Waals surface area contributed by atoms with Gasteiger partial charge < -0.3 is 20.1 Å². The standard InChI is InChI=1S/C14H21N3O3/c1-14(2,3)20-13(18)10-6-5-9(15)12(16-10)17(4)11-7-8-19-11/h5-6,11H,7-8,15H2,1-4H3/t11-/m0/s1. The molecule has 0 aliphatic carbocycles. The van der Waals surface area contributed by atoms with Crippen LogP contribution in [0.15, 0.2) is 12.1 Å². The first kappa shape index (κ1) is 14.6. The van der Waals surface area contributed by atoms with Crippen molar-refractivity contribution in [3.8, 4) is 0 Å². The lowest BCUT2D eigenvalue weighted by Crippen LogP contribution is -2.43. The van der Waals surface area contributed by atoms with E-state index in [1.165, 1.54) is 0 Å². The van der Waals surface area contributed by atoms with Crippen molar-refractivity contribution < 1.29 is 14.3 Å². The number of hydrogen-bond donors (Lipinski definition) is 1. The molecular formula is C14H21N3O3. The molecule has 0 bridgehead atoms. The Labute approximate surface area is 118 Å². The van der Waals surface area contributed by atoms with Gasteiger partial charge in [0.2, 0.25) is 0 Å². The monoisotopic (exact) mass is 279 g/mol. The third-order valence-corrected chi connectivity index (χ3v) is 2.95. The van der Waals surface area contributed by atoms with Gasteiger partial charge in [-0.05, 0) is 32.9 Å².